The molecule has 3 N–H and O–H groups in total. The van der Waals surface area contributed by atoms with Crippen molar-refractivity contribution in [2.75, 3.05) is 17.6 Å². The van der Waals surface area contributed by atoms with E-state index in [1.54, 1.807) is 0 Å². The van der Waals surface area contributed by atoms with Crippen molar-refractivity contribution in [3.05, 3.63) is 22.5 Å². The molecule has 1 aromatic rings. The highest BCUT2D eigenvalue weighted by Gasteiger charge is 2.06. The molecular weight excluding hydrogens is 250 g/mol. The summed E-state index contributed by atoms with van der Waals surface area (Å²) < 4.78 is 21.2. The summed E-state index contributed by atoms with van der Waals surface area (Å²) in [6.45, 7) is 0.314. The van der Waals surface area contributed by atoms with E-state index in [4.69, 9.17) is 5.14 Å². The fraction of sp³-hybridized carbons (Fsp3) is 0.429. The Bertz CT molecular complexity index is 485. The number of rotatable bonds is 6. The Balaban J connectivity index is 2.40. The first-order valence-electron chi connectivity index (χ1n) is 4.59. The summed E-state index contributed by atoms with van der Waals surface area (Å²) in [6, 6.07) is 0. The predicted molar refractivity (Wildman–Crippen MR) is 59.8 cm³/mol. The van der Waals surface area contributed by atoms with Crippen molar-refractivity contribution in [1.29, 1.82) is 0 Å². The summed E-state index contributed by atoms with van der Waals surface area (Å²) in [7, 11) is -3.47. The fourth-order valence-corrected chi connectivity index (χ4v) is 1.53. The summed E-state index contributed by atoms with van der Waals surface area (Å²) >= 11 is 0. The van der Waals surface area contributed by atoms with Crippen LogP contribution in [0.3, 0.4) is 0 Å². The first kappa shape index (κ1) is 13.3. The molecule has 1 aromatic heterocycles. The number of sulfonamides is 1. The first-order valence-corrected chi connectivity index (χ1v) is 6.31. The molecule has 0 aliphatic heterocycles. The van der Waals surface area contributed by atoms with Crippen LogP contribution in [0.4, 0.5) is 11.6 Å². The van der Waals surface area contributed by atoms with Gasteiger partial charge in [-0.15, -0.1) is 0 Å². The third-order valence-electron chi connectivity index (χ3n) is 1.74. The summed E-state index contributed by atoms with van der Waals surface area (Å²) in [5.41, 5.74) is -0.208. The first-order chi connectivity index (χ1) is 7.88. The van der Waals surface area contributed by atoms with E-state index in [9.17, 15) is 18.5 Å². The highest BCUT2D eigenvalue weighted by Crippen LogP contribution is 2.07. The van der Waals surface area contributed by atoms with Crippen LogP contribution in [-0.4, -0.2) is 35.6 Å². The van der Waals surface area contributed by atoms with Crippen LogP contribution in [0.15, 0.2) is 12.4 Å². The number of nitrogens with zero attached hydrogens (tertiary/aromatic N) is 3. The second-order valence-electron chi connectivity index (χ2n) is 3.17. The minimum absolute atomic E-state index is 0.146. The van der Waals surface area contributed by atoms with Gasteiger partial charge in [0.25, 0.3) is 0 Å². The number of nitrogens with one attached hydrogen (secondary N) is 1. The van der Waals surface area contributed by atoms with Gasteiger partial charge >= 0.3 is 5.69 Å². The van der Waals surface area contributed by atoms with Gasteiger partial charge in [-0.05, 0) is 6.42 Å². The summed E-state index contributed by atoms with van der Waals surface area (Å²) in [4.78, 5) is 17.1. The van der Waals surface area contributed by atoms with Gasteiger partial charge in [0.2, 0.25) is 16.0 Å². The fourth-order valence-electron chi connectivity index (χ4n) is 0.980. The summed E-state index contributed by atoms with van der Waals surface area (Å²) in [5.74, 6) is 0.0532. The van der Waals surface area contributed by atoms with Crippen LogP contribution >= 0.6 is 0 Å². The van der Waals surface area contributed by atoms with Crippen molar-refractivity contribution in [2.45, 2.75) is 6.42 Å². The van der Waals surface area contributed by atoms with Gasteiger partial charge in [-0.1, -0.05) is 0 Å². The van der Waals surface area contributed by atoms with Gasteiger partial charge in [-0.3, -0.25) is 10.1 Å². The number of hydrogen-bond acceptors (Lipinski definition) is 7. The smallest absolute Gasteiger partial charge is 0.305 e. The quantitative estimate of drug-likeness (QED) is 0.398. The van der Waals surface area contributed by atoms with Crippen LogP contribution in [0, 0.1) is 10.1 Å². The number of nitro groups is 1. The molecule has 1 rings (SSSR count). The van der Waals surface area contributed by atoms with E-state index in [0.29, 0.717) is 13.0 Å². The molecule has 0 saturated carbocycles. The molecule has 17 heavy (non-hydrogen) atoms. The maximum Gasteiger partial charge on any atom is 0.305 e. The molecule has 0 saturated heterocycles. The van der Waals surface area contributed by atoms with Crippen molar-refractivity contribution >= 4 is 21.7 Å². The SMILES string of the molecule is NS(=O)(=O)CCCNc1ncc([N+](=O)[O-])cn1. The van der Waals surface area contributed by atoms with Gasteiger partial charge in [0.1, 0.15) is 12.4 Å². The largest absolute Gasteiger partial charge is 0.354 e. The number of nitrogens with two attached hydrogens (primary N) is 1. The monoisotopic (exact) mass is 261 g/mol. The minimum Gasteiger partial charge on any atom is -0.354 e. The highest BCUT2D eigenvalue weighted by atomic mass is 32.2. The van der Waals surface area contributed by atoms with Crippen LogP contribution < -0.4 is 10.5 Å². The van der Waals surface area contributed by atoms with E-state index in [0.717, 1.165) is 12.4 Å². The lowest BCUT2D eigenvalue weighted by molar-refractivity contribution is -0.385. The van der Waals surface area contributed by atoms with E-state index in [1.165, 1.54) is 0 Å². The molecule has 1 heterocycles. The molecule has 0 amide bonds. The Kier molecular flexibility index (Phi) is 4.29. The molecule has 9 nitrogen and oxygen atoms in total. The predicted octanol–water partition coefficient (Wildman–Crippen LogP) is -0.525. The zero-order valence-corrected chi connectivity index (χ0v) is 9.55. The maximum absolute atomic E-state index is 10.6. The average Bonchev–Trinajstić information content (AvgIpc) is 2.24. The van der Waals surface area contributed by atoms with Gasteiger partial charge in [0.05, 0.1) is 10.7 Å². The number of anilines is 1. The molecule has 0 unspecified atom stereocenters. The molecule has 0 bridgehead atoms. The minimum atomic E-state index is -3.47. The van der Waals surface area contributed by atoms with Gasteiger partial charge in [0, 0.05) is 6.54 Å². The molecule has 0 aromatic carbocycles. The van der Waals surface area contributed by atoms with Gasteiger partial charge < -0.3 is 5.32 Å². The normalized spacial score (nSPS) is 11.1. The maximum atomic E-state index is 10.6. The van der Waals surface area contributed by atoms with E-state index >= 15 is 0 Å². The Morgan fingerprint density at radius 2 is 2.00 bits per heavy atom. The average molecular weight is 261 g/mol. The molecule has 0 radical (unpaired) electrons. The topological polar surface area (TPSA) is 141 Å². The number of hydrogen-bond donors (Lipinski definition) is 2. The molecule has 0 aliphatic carbocycles. The second-order valence-corrected chi connectivity index (χ2v) is 4.90. The standard InChI is InChI=1S/C7H11N5O4S/c8-17(15,16)3-1-2-9-7-10-4-6(5-11-7)12(13)14/h4-5H,1-3H2,(H2,8,15,16)(H,9,10,11). The Morgan fingerprint density at radius 3 is 2.47 bits per heavy atom. The molecular formula is C7H11N5O4S. The summed E-state index contributed by atoms with van der Waals surface area (Å²) in [5, 5.41) is 17.8. The van der Waals surface area contributed by atoms with Gasteiger partial charge in [-0.2, -0.15) is 0 Å². The van der Waals surface area contributed by atoms with Crippen LogP contribution in [0.2, 0.25) is 0 Å². The van der Waals surface area contributed by atoms with Crippen molar-refractivity contribution in [3.8, 4) is 0 Å². The van der Waals surface area contributed by atoms with Crippen LogP contribution in [0.1, 0.15) is 6.42 Å². The van der Waals surface area contributed by atoms with Crippen molar-refractivity contribution in [3.63, 3.8) is 0 Å². The molecule has 0 spiro atoms. The van der Waals surface area contributed by atoms with Gasteiger partial charge in [-0.25, -0.2) is 23.5 Å². The number of primary sulfonamides is 1. The highest BCUT2D eigenvalue weighted by molar-refractivity contribution is 7.89. The van der Waals surface area contributed by atoms with E-state index in [2.05, 4.69) is 15.3 Å². The zero-order chi connectivity index (χ0) is 12.9. The van der Waals surface area contributed by atoms with E-state index < -0.39 is 14.9 Å². The second kappa shape index (κ2) is 5.50. The lowest BCUT2D eigenvalue weighted by Crippen LogP contribution is -2.19. The molecule has 0 fully saturated rings. The Labute approximate surface area is 97.3 Å². The van der Waals surface area contributed by atoms with Crippen LogP contribution in [0.25, 0.3) is 0 Å². The molecule has 10 heteroatoms. The summed E-state index contributed by atoms with van der Waals surface area (Å²) in [6.07, 6.45) is 2.43. The molecule has 0 atom stereocenters. The third-order valence-corrected chi connectivity index (χ3v) is 2.60. The molecule has 94 valence electrons. The lowest BCUT2D eigenvalue weighted by Gasteiger charge is -2.02. The third kappa shape index (κ3) is 5.17. The molecule has 0 aliphatic rings. The zero-order valence-electron chi connectivity index (χ0n) is 8.74. The van der Waals surface area contributed by atoms with Crippen molar-refractivity contribution < 1.29 is 13.3 Å². The van der Waals surface area contributed by atoms with Gasteiger partial charge in [0.15, 0.2) is 0 Å². The lowest BCUT2D eigenvalue weighted by atomic mass is 10.5. The Hall–Kier alpha value is -1.81. The van der Waals surface area contributed by atoms with E-state index in [1.807, 2.05) is 0 Å². The van der Waals surface area contributed by atoms with Crippen LogP contribution in [-0.2, 0) is 10.0 Å². The Morgan fingerprint density at radius 1 is 1.41 bits per heavy atom. The number of aromatic nitrogens is 2. The van der Waals surface area contributed by atoms with Crippen molar-refractivity contribution in [1.82, 2.24) is 9.97 Å². The van der Waals surface area contributed by atoms with Crippen LogP contribution in [0.5, 0.6) is 0 Å². The van der Waals surface area contributed by atoms with Crippen molar-refractivity contribution in [2.24, 2.45) is 5.14 Å². The van der Waals surface area contributed by atoms with E-state index in [-0.39, 0.29) is 17.4 Å².